The van der Waals surface area contributed by atoms with Crippen LogP contribution in [0, 0.1) is 34.5 Å². The fourth-order valence-corrected chi connectivity index (χ4v) is 9.94. The van der Waals surface area contributed by atoms with E-state index in [0.717, 1.165) is 69.9 Å². The zero-order chi connectivity index (χ0) is 26.0. The fourth-order valence-electron chi connectivity index (χ4n) is 9.94. The van der Waals surface area contributed by atoms with Crippen molar-refractivity contribution in [3.63, 3.8) is 0 Å². The quantitative estimate of drug-likeness (QED) is 0.430. The van der Waals surface area contributed by atoms with Gasteiger partial charge in [0.15, 0.2) is 0 Å². The van der Waals surface area contributed by atoms with E-state index in [1.54, 1.807) is 6.08 Å². The molecule has 4 aliphatic carbocycles. The Morgan fingerprint density at radius 1 is 1.16 bits per heavy atom. The number of hydrogen-bond donors (Lipinski definition) is 4. The number of carbonyl (C=O) groups excluding carboxylic acids is 2. The Balaban J connectivity index is 1.13. The van der Waals surface area contributed by atoms with Gasteiger partial charge >= 0.3 is 12.0 Å². The van der Waals surface area contributed by atoms with Gasteiger partial charge in [-0.2, -0.15) is 0 Å². The number of fused-ring (bicyclic) bond motifs is 5. The topological polar surface area (TPSA) is 111 Å². The second-order valence-corrected chi connectivity index (χ2v) is 13.5. The minimum absolute atomic E-state index is 0.00524. The van der Waals surface area contributed by atoms with E-state index in [-0.39, 0.29) is 47.4 Å². The number of aliphatic hydroxyl groups excluding tert-OH is 1. The minimum Gasteiger partial charge on any atom is -0.458 e. The van der Waals surface area contributed by atoms with Crippen LogP contribution < -0.4 is 10.6 Å². The largest absolute Gasteiger partial charge is 0.458 e. The van der Waals surface area contributed by atoms with Gasteiger partial charge in [0, 0.05) is 43.2 Å². The van der Waals surface area contributed by atoms with Crippen LogP contribution in [0.2, 0.25) is 0 Å². The number of amides is 2. The molecule has 6 rings (SSSR count). The molecule has 9 atom stereocenters. The van der Waals surface area contributed by atoms with E-state index in [1.165, 1.54) is 0 Å². The van der Waals surface area contributed by atoms with Crippen molar-refractivity contribution in [1.82, 2.24) is 15.5 Å². The van der Waals surface area contributed by atoms with E-state index >= 15 is 0 Å². The Kier molecular flexibility index (Phi) is 6.39. The van der Waals surface area contributed by atoms with Crippen molar-refractivity contribution in [2.24, 2.45) is 34.5 Å². The maximum atomic E-state index is 13.0. The summed E-state index contributed by atoms with van der Waals surface area (Å²) in [5.41, 5.74) is 0.408. The summed E-state index contributed by atoms with van der Waals surface area (Å²) >= 11 is 0. The van der Waals surface area contributed by atoms with Crippen LogP contribution in [0.3, 0.4) is 0 Å². The first-order chi connectivity index (χ1) is 17.7. The Hall–Kier alpha value is -1.64. The van der Waals surface area contributed by atoms with E-state index in [2.05, 4.69) is 24.5 Å². The summed E-state index contributed by atoms with van der Waals surface area (Å²) < 4.78 is 5.26. The van der Waals surface area contributed by atoms with E-state index < -0.39 is 5.60 Å². The van der Waals surface area contributed by atoms with Crippen LogP contribution in [0.4, 0.5) is 4.79 Å². The van der Waals surface area contributed by atoms with Gasteiger partial charge in [0.2, 0.25) is 0 Å². The molecule has 2 aliphatic heterocycles. The van der Waals surface area contributed by atoms with Crippen LogP contribution in [0.1, 0.15) is 71.6 Å². The molecule has 37 heavy (non-hydrogen) atoms. The molecule has 4 N–H and O–H groups in total. The van der Waals surface area contributed by atoms with Gasteiger partial charge in [0.05, 0.1) is 12.2 Å². The molecule has 5 fully saturated rings. The third-order valence-electron chi connectivity index (χ3n) is 12.1. The molecule has 6 aliphatic rings. The SMILES string of the molecule is C[C@]12CC[C@H](NC(=O)N3CCNC(CO)C3)C[C@H]1CC[C@@H]1[C@@H]2CC[C@]2(C)[C@@H](C3=CC(=O)OC3)CC[C@]12O. The van der Waals surface area contributed by atoms with Gasteiger partial charge in [-0.15, -0.1) is 0 Å². The molecular formula is C29H45N3O5. The number of ether oxygens (including phenoxy) is 1. The number of nitrogens with zero attached hydrogens (tertiary/aromatic N) is 1. The maximum Gasteiger partial charge on any atom is 0.331 e. The number of urea groups is 1. The highest BCUT2D eigenvalue weighted by molar-refractivity contribution is 5.85. The lowest BCUT2D eigenvalue weighted by Gasteiger charge is -2.64. The number of aliphatic hydroxyl groups is 2. The molecule has 0 bridgehead atoms. The highest BCUT2D eigenvalue weighted by atomic mass is 16.5. The molecule has 4 saturated carbocycles. The molecule has 0 spiro atoms. The summed E-state index contributed by atoms with van der Waals surface area (Å²) in [5.74, 6) is 1.38. The van der Waals surface area contributed by atoms with Gasteiger partial charge in [0.1, 0.15) is 6.61 Å². The van der Waals surface area contributed by atoms with Crippen molar-refractivity contribution >= 4 is 12.0 Å². The fraction of sp³-hybridized carbons (Fsp3) is 0.862. The van der Waals surface area contributed by atoms with Crippen LogP contribution in [0.15, 0.2) is 11.6 Å². The number of cyclic esters (lactones) is 1. The predicted octanol–water partition coefficient (Wildman–Crippen LogP) is 2.59. The maximum absolute atomic E-state index is 13.0. The standard InChI is InChI=1S/C29H45N3O5/c1-27-8-5-20(31-26(35)32-12-11-30-21(15-32)16-33)14-19(27)3-4-24-23(27)6-9-28(2)22(7-10-29(24,28)36)18-13-25(34)37-17-18/h13,19-24,30,33,36H,3-12,14-17H2,1-2H3,(H,31,35)/t19-,20+,21?,22-,23+,24-,27+,28-,29+/m1/s1. The molecule has 0 radical (unpaired) electrons. The van der Waals surface area contributed by atoms with E-state index in [0.29, 0.717) is 37.5 Å². The summed E-state index contributed by atoms with van der Waals surface area (Å²) in [5, 5.41) is 28.4. The van der Waals surface area contributed by atoms with Gasteiger partial charge in [0.25, 0.3) is 0 Å². The minimum atomic E-state index is -0.683. The van der Waals surface area contributed by atoms with Gasteiger partial charge in [-0.3, -0.25) is 0 Å². The van der Waals surface area contributed by atoms with Gasteiger partial charge in [-0.25, -0.2) is 9.59 Å². The summed E-state index contributed by atoms with van der Waals surface area (Å²) in [7, 11) is 0. The molecule has 1 saturated heterocycles. The van der Waals surface area contributed by atoms with E-state index in [1.807, 2.05) is 4.90 Å². The molecule has 206 valence electrons. The second-order valence-electron chi connectivity index (χ2n) is 13.5. The molecule has 0 aromatic carbocycles. The average Bonchev–Trinajstić information content (AvgIpc) is 3.44. The third kappa shape index (κ3) is 3.96. The van der Waals surface area contributed by atoms with E-state index in [9.17, 15) is 19.8 Å². The Labute approximate surface area is 220 Å². The van der Waals surface area contributed by atoms with Crippen LogP contribution in [-0.4, -0.2) is 77.6 Å². The van der Waals surface area contributed by atoms with Crippen molar-refractivity contribution in [2.75, 3.05) is 32.8 Å². The predicted molar refractivity (Wildman–Crippen MR) is 138 cm³/mol. The highest BCUT2D eigenvalue weighted by Crippen LogP contribution is 2.69. The molecule has 1 unspecified atom stereocenters. The van der Waals surface area contributed by atoms with Crippen molar-refractivity contribution in [3.05, 3.63) is 11.6 Å². The molecule has 8 nitrogen and oxygen atoms in total. The normalized spacial score (nSPS) is 47.4. The summed E-state index contributed by atoms with van der Waals surface area (Å²) in [6.45, 7) is 7.14. The van der Waals surface area contributed by atoms with Crippen molar-refractivity contribution < 1.29 is 24.5 Å². The van der Waals surface area contributed by atoms with Crippen molar-refractivity contribution in [1.29, 1.82) is 0 Å². The number of hydrogen-bond acceptors (Lipinski definition) is 6. The average molecular weight is 516 g/mol. The molecule has 0 aromatic rings. The second kappa shape index (κ2) is 9.23. The van der Waals surface area contributed by atoms with Gasteiger partial charge < -0.3 is 30.5 Å². The van der Waals surface area contributed by atoms with Crippen LogP contribution in [0.5, 0.6) is 0 Å². The van der Waals surface area contributed by atoms with Crippen LogP contribution >= 0.6 is 0 Å². The van der Waals surface area contributed by atoms with Crippen LogP contribution in [-0.2, 0) is 9.53 Å². The van der Waals surface area contributed by atoms with Gasteiger partial charge in [-0.05, 0) is 92.4 Å². The monoisotopic (exact) mass is 515 g/mol. The van der Waals surface area contributed by atoms with Crippen molar-refractivity contribution in [3.8, 4) is 0 Å². The zero-order valence-electron chi connectivity index (χ0n) is 22.5. The first kappa shape index (κ1) is 25.6. The molecular weight excluding hydrogens is 470 g/mol. The first-order valence-corrected chi connectivity index (χ1v) is 14.7. The number of piperazine rings is 1. The molecule has 8 heteroatoms. The molecule has 0 aromatic heterocycles. The Morgan fingerprint density at radius 3 is 2.76 bits per heavy atom. The Bertz CT molecular complexity index is 971. The Morgan fingerprint density at radius 2 is 2.00 bits per heavy atom. The van der Waals surface area contributed by atoms with Crippen LogP contribution in [0.25, 0.3) is 0 Å². The lowest BCUT2D eigenvalue weighted by Crippen LogP contribution is -2.63. The number of rotatable bonds is 3. The van der Waals surface area contributed by atoms with Crippen molar-refractivity contribution in [2.45, 2.75) is 89.3 Å². The number of carbonyl (C=O) groups is 2. The summed E-state index contributed by atoms with van der Waals surface area (Å²) in [4.78, 5) is 26.6. The van der Waals surface area contributed by atoms with E-state index in [4.69, 9.17) is 4.74 Å². The number of esters is 1. The zero-order valence-corrected chi connectivity index (χ0v) is 22.5. The summed E-state index contributed by atoms with van der Waals surface area (Å²) in [6.07, 6.45) is 10.8. The highest BCUT2D eigenvalue weighted by Gasteiger charge is 2.67. The first-order valence-electron chi connectivity index (χ1n) is 14.7. The smallest absolute Gasteiger partial charge is 0.331 e. The lowest BCUT2D eigenvalue weighted by atomic mass is 9.43. The summed E-state index contributed by atoms with van der Waals surface area (Å²) in [6, 6.07) is 0.162. The third-order valence-corrected chi connectivity index (χ3v) is 12.1. The molecule has 2 amide bonds. The molecule has 2 heterocycles. The lowest BCUT2D eigenvalue weighted by molar-refractivity contribution is -0.204. The number of nitrogens with one attached hydrogen (secondary N) is 2. The van der Waals surface area contributed by atoms with Gasteiger partial charge in [-0.1, -0.05) is 13.8 Å².